The lowest BCUT2D eigenvalue weighted by Crippen LogP contribution is -2.65. The number of hydrogen-bond acceptors (Lipinski definition) is 7. The number of aromatic nitrogens is 6. The maximum absolute atomic E-state index is 4.52. The molecule has 0 radical (unpaired) electrons. The molecule has 8 nitrogen and oxygen atoms in total. The molecule has 0 saturated heterocycles. The molecular formula is C23H28N8. The molecule has 8 heteroatoms. The van der Waals surface area contributed by atoms with Gasteiger partial charge in [-0.05, 0) is 61.1 Å². The first kappa shape index (κ1) is 18.9. The molecule has 31 heavy (non-hydrogen) atoms. The normalized spacial score (nSPS) is 31.1. The lowest BCUT2D eigenvalue weighted by Gasteiger charge is -2.61. The zero-order chi connectivity index (χ0) is 20.7. The third kappa shape index (κ3) is 3.59. The van der Waals surface area contributed by atoms with Gasteiger partial charge in [0.2, 0.25) is 5.95 Å². The van der Waals surface area contributed by atoms with E-state index in [2.05, 4.69) is 48.1 Å². The summed E-state index contributed by atoms with van der Waals surface area (Å²) in [4.78, 5) is 11.0. The topological polar surface area (TPSA) is 93.4 Å². The SMILES string of the molecule is c1ccc(CNc2ncc(CNC34CC5CC(C3)CC(n3ncnn3)(C5)C4)cn2)cc1. The molecule has 2 atom stereocenters. The van der Waals surface area contributed by atoms with Gasteiger partial charge in [0.25, 0.3) is 0 Å². The fourth-order valence-corrected chi connectivity index (χ4v) is 6.64. The predicted molar refractivity (Wildman–Crippen MR) is 116 cm³/mol. The number of benzene rings is 1. The van der Waals surface area contributed by atoms with Crippen molar-refractivity contribution in [3.8, 4) is 0 Å². The molecular weight excluding hydrogens is 388 g/mol. The third-order valence-corrected chi connectivity index (χ3v) is 7.47. The van der Waals surface area contributed by atoms with E-state index < -0.39 is 0 Å². The molecule has 0 aliphatic heterocycles. The minimum Gasteiger partial charge on any atom is -0.350 e. The first-order chi connectivity index (χ1) is 15.2. The van der Waals surface area contributed by atoms with Crippen molar-refractivity contribution in [1.82, 2.24) is 35.5 Å². The van der Waals surface area contributed by atoms with Crippen LogP contribution < -0.4 is 10.6 Å². The number of nitrogens with one attached hydrogen (secondary N) is 2. The summed E-state index contributed by atoms with van der Waals surface area (Å²) in [5, 5.41) is 20.0. The van der Waals surface area contributed by atoms with Gasteiger partial charge >= 0.3 is 0 Å². The highest BCUT2D eigenvalue weighted by atomic mass is 15.6. The molecule has 4 saturated carbocycles. The maximum Gasteiger partial charge on any atom is 0.222 e. The summed E-state index contributed by atoms with van der Waals surface area (Å²) in [5.74, 6) is 2.17. The van der Waals surface area contributed by atoms with Crippen LogP contribution in [-0.4, -0.2) is 35.7 Å². The Kier molecular flexibility index (Phi) is 4.49. The lowest BCUT2D eigenvalue weighted by atomic mass is 9.50. The minimum atomic E-state index is 0.0370. The standard InChI is InChI=1S/C23H28N8/c1-2-4-17(5-3-1)11-24-21-25-12-20(13-26-21)14-27-22-7-18-6-19(8-22)10-23(9-18,15-22)31-29-16-28-30-31/h1-5,12-13,16,18-19,27H,6-11,14-15H2,(H,24,25,26). The Balaban J connectivity index is 1.11. The smallest absolute Gasteiger partial charge is 0.222 e. The summed E-state index contributed by atoms with van der Waals surface area (Å²) >= 11 is 0. The predicted octanol–water partition coefficient (Wildman–Crippen LogP) is 2.91. The van der Waals surface area contributed by atoms with E-state index in [1.54, 1.807) is 6.33 Å². The molecule has 1 aromatic carbocycles. The highest BCUT2D eigenvalue weighted by Gasteiger charge is 2.59. The molecule has 4 bridgehead atoms. The molecule has 2 N–H and O–H groups in total. The second kappa shape index (κ2) is 7.37. The van der Waals surface area contributed by atoms with Crippen LogP contribution >= 0.6 is 0 Å². The number of hydrogen-bond donors (Lipinski definition) is 2. The van der Waals surface area contributed by atoms with Crippen LogP contribution in [0.4, 0.5) is 5.95 Å². The molecule has 4 fully saturated rings. The van der Waals surface area contributed by atoms with Crippen molar-refractivity contribution in [2.45, 2.75) is 62.7 Å². The summed E-state index contributed by atoms with van der Waals surface area (Å²) in [6, 6.07) is 10.3. The van der Waals surface area contributed by atoms with Crippen molar-refractivity contribution in [1.29, 1.82) is 0 Å². The minimum absolute atomic E-state index is 0.0370. The van der Waals surface area contributed by atoms with Gasteiger partial charge in [0.05, 0.1) is 5.54 Å². The monoisotopic (exact) mass is 416 g/mol. The Morgan fingerprint density at radius 3 is 2.42 bits per heavy atom. The van der Waals surface area contributed by atoms with E-state index >= 15 is 0 Å². The van der Waals surface area contributed by atoms with Crippen molar-refractivity contribution in [3.63, 3.8) is 0 Å². The zero-order valence-corrected chi connectivity index (χ0v) is 17.6. The third-order valence-electron chi connectivity index (χ3n) is 7.47. The van der Waals surface area contributed by atoms with Gasteiger partial charge in [-0.1, -0.05) is 30.3 Å². The van der Waals surface area contributed by atoms with E-state index in [-0.39, 0.29) is 11.1 Å². The highest BCUT2D eigenvalue weighted by molar-refractivity contribution is 5.28. The molecule has 4 aliphatic carbocycles. The summed E-state index contributed by atoms with van der Waals surface area (Å²) in [5.41, 5.74) is 2.53. The lowest BCUT2D eigenvalue weighted by molar-refractivity contribution is -0.0854. The van der Waals surface area contributed by atoms with Crippen molar-refractivity contribution in [3.05, 3.63) is 60.2 Å². The average molecular weight is 417 g/mol. The van der Waals surface area contributed by atoms with Crippen molar-refractivity contribution in [2.24, 2.45) is 11.8 Å². The summed E-state index contributed by atoms with van der Waals surface area (Å²) in [6.07, 6.45) is 12.7. The molecule has 2 unspecified atom stereocenters. The van der Waals surface area contributed by atoms with E-state index in [1.165, 1.54) is 37.7 Å². The van der Waals surface area contributed by atoms with E-state index in [9.17, 15) is 0 Å². The van der Waals surface area contributed by atoms with Gasteiger partial charge in [0.15, 0.2) is 6.33 Å². The maximum atomic E-state index is 4.52. The number of anilines is 1. The van der Waals surface area contributed by atoms with Crippen LogP contribution in [0.25, 0.3) is 0 Å². The van der Waals surface area contributed by atoms with Gasteiger partial charge in [-0.15, -0.1) is 10.2 Å². The molecule has 160 valence electrons. The van der Waals surface area contributed by atoms with Crippen LogP contribution in [0.1, 0.15) is 49.7 Å². The van der Waals surface area contributed by atoms with Crippen molar-refractivity contribution in [2.75, 3.05) is 5.32 Å². The second-order valence-electron chi connectivity index (χ2n) is 9.80. The quantitative estimate of drug-likeness (QED) is 0.612. The van der Waals surface area contributed by atoms with Crippen LogP contribution in [0.2, 0.25) is 0 Å². The van der Waals surface area contributed by atoms with Crippen LogP contribution in [-0.2, 0) is 18.6 Å². The van der Waals surface area contributed by atoms with Gasteiger partial charge in [-0.3, -0.25) is 0 Å². The Morgan fingerprint density at radius 1 is 0.935 bits per heavy atom. The van der Waals surface area contributed by atoms with Gasteiger partial charge in [0.1, 0.15) is 0 Å². The van der Waals surface area contributed by atoms with Crippen LogP contribution in [0.15, 0.2) is 49.1 Å². The largest absolute Gasteiger partial charge is 0.350 e. The fourth-order valence-electron chi connectivity index (χ4n) is 6.64. The van der Waals surface area contributed by atoms with Gasteiger partial charge in [0, 0.05) is 36.6 Å². The van der Waals surface area contributed by atoms with Crippen LogP contribution in [0.5, 0.6) is 0 Å². The molecule has 0 spiro atoms. The molecule has 4 aliphatic rings. The highest BCUT2D eigenvalue weighted by Crippen LogP contribution is 2.60. The van der Waals surface area contributed by atoms with Crippen molar-refractivity contribution < 1.29 is 0 Å². The Morgan fingerprint density at radius 2 is 1.71 bits per heavy atom. The molecule has 2 aromatic heterocycles. The first-order valence-electron chi connectivity index (χ1n) is 11.3. The summed E-state index contributed by atoms with van der Waals surface area (Å²) in [7, 11) is 0. The van der Waals surface area contributed by atoms with Crippen LogP contribution in [0.3, 0.4) is 0 Å². The van der Waals surface area contributed by atoms with E-state index in [4.69, 9.17) is 0 Å². The number of nitrogens with zero attached hydrogens (tertiary/aromatic N) is 6. The Hall–Kier alpha value is -2.87. The average Bonchev–Trinajstić information content (AvgIpc) is 3.33. The van der Waals surface area contributed by atoms with Gasteiger partial charge in [-0.2, -0.15) is 4.80 Å². The fraction of sp³-hybridized carbons (Fsp3) is 0.522. The molecule has 3 aromatic rings. The summed E-state index contributed by atoms with van der Waals surface area (Å²) in [6.45, 7) is 1.52. The number of tetrazole rings is 1. The number of rotatable bonds is 7. The van der Waals surface area contributed by atoms with Gasteiger partial charge < -0.3 is 10.6 Å². The van der Waals surface area contributed by atoms with Gasteiger partial charge in [-0.25, -0.2) is 9.97 Å². The zero-order valence-electron chi connectivity index (χ0n) is 17.6. The first-order valence-corrected chi connectivity index (χ1v) is 11.3. The molecule has 2 heterocycles. The molecule has 7 rings (SSSR count). The Labute approximate surface area is 181 Å². The van der Waals surface area contributed by atoms with E-state index in [1.807, 2.05) is 35.4 Å². The Bertz CT molecular complexity index is 1000. The summed E-state index contributed by atoms with van der Waals surface area (Å²) < 4.78 is 0. The van der Waals surface area contributed by atoms with Crippen LogP contribution in [0, 0.1) is 11.8 Å². The van der Waals surface area contributed by atoms with Crippen molar-refractivity contribution >= 4 is 5.95 Å². The molecule has 0 amide bonds. The van der Waals surface area contributed by atoms with E-state index in [0.29, 0.717) is 5.95 Å². The second-order valence-corrected chi connectivity index (χ2v) is 9.80. The van der Waals surface area contributed by atoms with E-state index in [0.717, 1.165) is 36.9 Å².